The van der Waals surface area contributed by atoms with E-state index in [1.165, 1.54) is 6.92 Å². The van der Waals surface area contributed by atoms with Crippen LogP contribution in [0.3, 0.4) is 0 Å². The Labute approximate surface area is 110 Å². The zero-order chi connectivity index (χ0) is 14.6. The predicted octanol–water partition coefficient (Wildman–Crippen LogP) is 1.13. The van der Waals surface area contributed by atoms with Gasteiger partial charge in [-0.25, -0.2) is 17.6 Å². The summed E-state index contributed by atoms with van der Waals surface area (Å²) in [5.41, 5.74) is -0.733. The van der Waals surface area contributed by atoms with Crippen LogP contribution in [0.25, 0.3) is 0 Å². The normalized spacial score (nSPS) is 10.7. The standard InChI is InChI=1S/C12H12FNO4S/c1-3-4-5-14-19(17,18)9-6-8(2)11(13)10(7-9)12(15)16/h6-7,14H,5H2,1-2H3,(H,15,16). The van der Waals surface area contributed by atoms with Crippen LogP contribution >= 0.6 is 0 Å². The summed E-state index contributed by atoms with van der Waals surface area (Å²) in [7, 11) is -3.91. The second-order valence-electron chi connectivity index (χ2n) is 3.66. The van der Waals surface area contributed by atoms with Gasteiger partial charge in [0.15, 0.2) is 0 Å². The summed E-state index contributed by atoms with van der Waals surface area (Å²) in [6.07, 6.45) is 0. The molecule has 102 valence electrons. The maximum absolute atomic E-state index is 13.5. The molecule has 0 aromatic heterocycles. The molecular formula is C12H12FNO4S. The van der Waals surface area contributed by atoms with Crippen LogP contribution in [0.5, 0.6) is 0 Å². The number of carbonyl (C=O) groups is 1. The lowest BCUT2D eigenvalue weighted by Gasteiger charge is -2.08. The van der Waals surface area contributed by atoms with Gasteiger partial charge in [-0.2, -0.15) is 4.72 Å². The van der Waals surface area contributed by atoms with Gasteiger partial charge in [0.25, 0.3) is 0 Å². The minimum atomic E-state index is -3.91. The molecule has 2 N–H and O–H groups in total. The van der Waals surface area contributed by atoms with Crippen molar-refractivity contribution in [2.24, 2.45) is 0 Å². The van der Waals surface area contributed by atoms with E-state index in [0.29, 0.717) is 0 Å². The lowest BCUT2D eigenvalue weighted by molar-refractivity contribution is 0.0691. The van der Waals surface area contributed by atoms with Gasteiger partial charge in [-0.3, -0.25) is 0 Å². The van der Waals surface area contributed by atoms with Crippen LogP contribution in [0.4, 0.5) is 4.39 Å². The molecule has 5 nitrogen and oxygen atoms in total. The molecule has 7 heteroatoms. The number of aromatic carboxylic acids is 1. The van der Waals surface area contributed by atoms with Crippen molar-refractivity contribution in [1.29, 1.82) is 0 Å². The Hall–Kier alpha value is -1.91. The van der Waals surface area contributed by atoms with E-state index in [9.17, 15) is 17.6 Å². The summed E-state index contributed by atoms with van der Waals surface area (Å²) >= 11 is 0. The third-order valence-electron chi connectivity index (χ3n) is 2.30. The maximum atomic E-state index is 13.5. The molecule has 0 heterocycles. The minimum absolute atomic E-state index is 0.0538. The van der Waals surface area contributed by atoms with Crippen molar-refractivity contribution in [3.05, 3.63) is 29.1 Å². The van der Waals surface area contributed by atoms with Gasteiger partial charge in [0, 0.05) is 0 Å². The molecular weight excluding hydrogens is 273 g/mol. The molecule has 0 aliphatic rings. The largest absolute Gasteiger partial charge is 0.478 e. The number of sulfonamides is 1. The Morgan fingerprint density at radius 2 is 2.11 bits per heavy atom. The summed E-state index contributed by atoms with van der Waals surface area (Å²) in [6, 6.07) is 1.86. The highest BCUT2D eigenvalue weighted by Gasteiger charge is 2.20. The van der Waals surface area contributed by atoms with Gasteiger partial charge in [-0.05, 0) is 31.5 Å². The summed E-state index contributed by atoms with van der Waals surface area (Å²) in [5.74, 6) is 2.55. The third kappa shape index (κ3) is 3.53. The van der Waals surface area contributed by atoms with E-state index in [2.05, 4.69) is 16.6 Å². The topological polar surface area (TPSA) is 83.5 Å². The highest BCUT2D eigenvalue weighted by Crippen LogP contribution is 2.19. The summed E-state index contributed by atoms with van der Waals surface area (Å²) in [5, 5.41) is 8.82. The first-order valence-electron chi connectivity index (χ1n) is 5.22. The van der Waals surface area contributed by atoms with Crippen LogP contribution in [-0.4, -0.2) is 26.0 Å². The number of aryl methyl sites for hydroxylation is 1. The van der Waals surface area contributed by atoms with Gasteiger partial charge in [-0.1, -0.05) is 5.92 Å². The Kier molecular flexibility index (Phi) is 4.64. The first-order chi connectivity index (χ1) is 8.79. The molecule has 0 spiro atoms. The molecule has 0 atom stereocenters. The quantitative estimate of drug-likeness (QED) is 0.812. The molecule has 19 heavy (non-hydrogen) atoms. The molecule has 0 aliphatic carbocycles. The number of hydrogen-bond acceptors (Lipinski definition) is 3. The average Bonchev–Trinajstić information content (AvgIpc) is 2.32. The van der Waals surface area contributed by atoms with Gasteiger partial charge in [0.2, 0.25) is 10.0 Å². The molecule has 0 unspecified atom stereocenters. The zero-order valence-corrected chi connectivity index (χ0v) is 11.1. The second kappa shape index (κ2) is 5.82. The monoisotopic (exact) mass is 285 g/mol. The molecule has 0 amide bonds. The van der Waals surface area contributed by atoms with Crippen LogP contribution in [0.15, 0.2) is 17.0 Å². The Morgan fingerprint density at radius 3 is 2.63 bits per heavy atom. The Balaban J connectivity index is 3.27. The van der Waals surface area contributed by atoms with E-state index in [4.69, 9.17) is 5.11 Å². The zero-order valence-electron chi connectivity index (χ0n) is 10.3. The minimum Gasteiger partial charge on any atom is -0.478 e. The summed E-state index contributed by atoms with van der Waals surface area (Å²) in [4.78, 5) is 10.5. The lowest BCUT2D eigenvalue weighted by atomic mass is 10.1. The first-order valence-corrected chi connectivity index (χ1v) is 6.70. The first kappa shape index (κ1) is 15.1. The number of hydrogen-bond donors (Lipinski definition) is 2. The Morgan fingerprint density at radius 1 is 1.47 bits per heavy atom. The van der Waals surface area contributed by atoms with Crippen molar-refractivity contribution in [1.82, 2.24) is 4.72 Å². The van der Waals surface area contributed by atoms with Crippen molar-refractivity contribution in [3.8, 4) is 11.8 Å². The highest BCUT2D eigenvalue weighted by molar-refractivity contribution is 7.89. The van der Waals surface area contributed by atoms with Crippen LogP contribution in [-0.2, 0) is 10.0 Å². The van der Waals surface area contributed by atoms with Gasteiger partial charge in [0.1, 0.15) is 5.82 Å². The molecule has 1 rings (SSSR count). The number of carboxylic acids is 1. The molecule has 0 radical (unpaired) electrons. The fraction of sp³-hybridized carbons (Fsp3) is 0.250. The molecule has 0 saturated carbocycles. The molecule has 0 bridgehead atoms. The van der Waals surface area contributed by atoms with Crippen molar-refractivity contribution >= 4 is 16.0 Å². The maximum Gasteiger partial charge on any atom is 0.338 e. The van der Waals surface area contributed by atoms with E-state index in [1.807, 2.05) is 0 Å². The van der Waals surface area contributed by atoms with Crippen molar-refractivity contribution in [3.63, 3.8) is 0 Å². The van der Waals surface area contributed by atoms with Crippen LogP contribution < -0.4 is 4.72 Å². The lowest BCUT2D eigenvalue weighted by Crippen LogP contribution is -2.24. The SMILES string of the molecule is CC#CCNS(=O)(=O)c1cc(C)c(F)c(C(=O)O)c1. The summed E-state index contributed by atoms with van der Waals surface area (Å²) in [6.45, 7) is 2.75. The second-order valence-corrected chi connectivity index (χ2v) is 5.43. The molecule has 0 aliphatic heterocycles. The van der Waals surface area contributed by atoms with Crippen molar-refractivity contribution in [2.75, 3.05) is 6.54 Å². The van der Waals surface area contributed by atoms with E-state index < -0.39 is 27.4 Å². The predicted molar refractivity (Wildman–Crippen MR) is 66.7 cm³/mol. The molecule has 0 fully saturated rings. The number of rotatable bonds is 4. The molecule has 0 saturated heterocycles. The van der Waals surface area contributed by atoms with Gasteiger partial charge >= 0.3 is 5.97 Å². The van der Waals surface area contributed by atoms with Gasteiger partial charge in [0.05, 0.1) is 17.0 Å². The van der Waals surface area contributed by atoms with E-state index in [1.54, 1.807) is 6.92 Å². The van der Waals surface area contributed by atoms with Crippen LogP contribution in [0.2, 0.25) is 0 Å². The van der Waals surface area contributed by atoms with Gasteiger partial charge in [-0.15, -0.1) is 5.92 Å². The average molecular weight is 285 g/mol. The highest BCUT2D eigenvalue weighted by atomic mass is 32.2. The van der Waals surface area contributed by atoms with E-state index >= 15 is 0 Å². The van der Waals surface area contributed by atoms with Crippen LogP contribution in [0.1, 0.15) is 22.8 Å². The van der Waals surface area contributed by atoms with E-state index in [0.717, 1.165) is 12.1 Å². The fourth-order valence-electron chi connectivity index (χ4n) is 1.35. The Bertz CT molecular complexity index is 671. The number of nitrogens with one attached hydrogen (secondary N) is 1. The van der Waals surface area contributed by atoms with Crippen LogP contribution in [0, 0.1) is 24.6 Å². The van der Waals surface area contributed by atoms with E-state index in [-0.39, 0.29) is 17.0 Å². The third-order valence-corrected chi connectivity index (χ3v) is 3.68. The van der Waals surface area contributed by atoms with Gasteiger partial charge < -0.3 is 5.11 Å². The molecule has 1 aromatic carbocycles. The smallest absolute Gasteiger partial charge is 0.338 e. The molecule has 1 aromatic rings. The number of carboxylic acid groups (broad SMARTS) is 1. The van der Waals surface area contributed by atoms with Crippen molar-refractivity contribution < 1.29 is 22.7 Å². The number of benzene rings is 1. The number of halogens is 1. The van der Waals surface area contributed by atoms with Crippen molar-refractivity contribution in [2.45, 2.75) is 18.7 Å². The summed E-state index contributed by atoms with van der Waals surface area (Å²) < 4.78 is 39.4. The fourth-order valence-corrected chi connectivity index (χ4v) is 2.38.